The molecule has 0 spiro atoms. The average Bonchev–Trinajstić information content (AvgIpc) is 3.08. The summed E-state index contributed by atoms with van der Waals surface area (Å²) in [6.45, 7) is 0. The lowest BCUT2D eigenvalue weighted by molar-refractivity contribution is 0.262. The van der Waals surface area contributed by atoms with Gasteiger partial charge in [-0.3, -0.25) is 18.5 Å². The molecule has 0 bridgehead atoms. The highest BCUT2D eigenvalue weighted by Gasteiger charge is 2.20. The molecule has 0 atom stereocenters. The molecule has 0 fully saturated rings. The molecule has 8 N–H and O–H groups in total. The second kappa shape index (κ2) is 13.8. The van der Waals surface area contributed by atoms with Gasteiger partial charge in [0.05, 0.1) is 31.0 Å². The van der Waals surface area contributed by atoms with E-state index in [0.717, 1.165) is 36.4 Å². The van der Waals surface area contributed by atoms with Crippen molar-refractivity contribution in [2.45, 2.75) is 19.6 Å². The van der Waals surface area contributed by atoms with Crippen molar-refractivity contribution in [2.24, 2.45) is 0 Å². The van der Waals surface area contributed by atoms with Crippen LogP contribution < -0.4 is 20.1 Å². The largest absolute Gasteiger partial charge is 0.506 e. The third kappa shape index (κ3) is 8.30. The number of phenols is 2. The zero-order chi connectivity index (χ0) is 39.2. The van der Waals surface area contributed by atoms with Crippen molar-refractivity contribution in [3.63, 3.8) is 0 Å². The number of phenolic OH excluding ortho intramolecular Hbond substituents is 2. The third-order valence-corrected chi connectivity index (χ3v) is 12.2. The van der Waals surface area contributed by atoms with Crippen molar-refractivity contribution >= 4 is 90.6 Å². The number of fused-ring (bicyclic) bond motifs is 2. The molecule has 0 aliphatic heterocycles. The zero-order valence-corrected chi connectivity index (χ0v) is 30.3. The van der Waals surface area contributed by atoms with Gasteiger partial charge < -0.3 is 20.8 Å². The second-order valence-electron chi connectivity index (χ2n) is 11.5. The number of amides is 2. The van der Waals surface area contributed by atoms with Gasteiger partial charge in [-0.25, -0.2) is 21.6 Å². The second-order valence-corrected chi connectivity index (χ2v) is 17.8. The maximum atomic E-state index is 13.0. The van der Waals surface area contributed by atoms with Gasteiger partial charge in [0.15, 0.2) is 0 Å². The number of hydrogen-bond donors (Lipinski definition) is 8. The van der Waals surface area contributed by atoms with E-state index in [2.05, 4.69) is 20.1 Å². The molecule has 0 aliphatic carbocycles. The van der Waals surface area contributed by atoms with Crippen LogP contribution in [-0.2, 0) is 40.3 Å². The maximum absolute atomic E-state index is 13.0. The van der Waals surface area contributed by atoms with Crippen LogP contribution in [0.2, 0.25) is 0 Å². The van der Waals surface area contributed by atoms with E-state index in [1.165, 1.54) is 72.8 Å². The third-order valence-electron chi connectivity index (χ3n) is 7.78. The fourth-order valence-electron chi connectivity index (χ4n) is 5.15. The number of rotatable bonds is 10. The summed E-state index contributed by atoms with van der Waals surface area (Å²) in [5, 5.41) is 27.0. The number of carbonyl (C=O) groups excluding carboxylic acids is 1. The molecule has 6 aromatic rings. The number of benzene rings is 6. The summed E-state index contributed by atoms with van der Waals surface area (Å²) in [4.78, 5) is 11.4. The summed E-state index contributed by atoms with van der Waals surface area (Å²) in [7, 11) is -17.5. The van der Waals surface area contributed by atoms with E-state index in [-0.39, 0.29) is 43.3 Å². The number of nitrogens with one attached hydrogen (secondary N) is 4. The zero-order valence-electron chi connectivity index (χ0n) is 27.0. The van der Waals surface area contributed by atoms with Crippen LogP contribution in [0.4, 0.5) is 27.5 Å². The molecule has 0 aliphatic rings. The van der Waals surface area contributed by atoms with Crippen molar-refractivity contribution < 1.29 is 57.8 Å². The molecule has 280 valence electrons. The first kappa shape index (κ1) is 37.8. The number of sulfonamides is 2. The minimum atomic E-state index is -4.50. The normalized spacial score (nSPS) is 12.3. The highest BCUT2D eigenvalue weighted by molar-refractivity contribution is 7.93. The van der Waals surface area contributed by atoms with Gasteiger partial charge in [-0.2, -0.15) is 16.8 Å². The molecule has 54 heavy (non-hydrogen) atoms. The summed E-state index contributed by atoms with van der Waals surface area (Å²) in [6.07, 6.45) is 0. The minimum absolute atomic E-state index is 0.183. The molecule has 17 nitrogen and oxygen atoms in total. The highest BCUT2D eigenvalue weighted by Crippen LogP contribution is 2.34. The van der Waals surface area contributed by atoms with Gasteiger partial charge in [0.2, 0.25) is 0 Å². The fourth-order valence-corrected chi connectivity index (χ4v) is 8.31. The van der Waals surface area contributed by atoms with Crippen LogP contribution in [0.1, 0.15) is 0 Å². The molecule has 0 saturated carbocycles. The molecule has 6 aromatic carbocycles. The predicted molar refractivity (Wildman–Crippen MR) is 198 cm³/mol. The van der Waals surface area contributed by atoms with Crippen LogP contribution in [0, 0.1) is 0 Å². The summed E-state index contributed by atoms with van der Waals surface area (Å²) in [5.74, 6) is -1.03. The molecule has 0 aromatic heterocycles. The Bertz CT molecular complexity index is 2740. The average molecular weight is 815 g/mol. The molecule has 0 radical (unpaired) electrons. The predicted octanol–water partition coefficient (Wildman–Crippen LogP) is 5.14. The fraction of sp³-hybridized carbons (Fsp3) is 0. The number of carbonyl (C=O) groups is 1. The molecule has 6 rings (SSSR count). The Kier molecular flexibility index (Phi) is 9.64. The lowest BCUT2D eigenvalue weighted by atomic mass is 10.1. The van der Waals surface area contributed by atoms with Gasteiger partial charge >= 0.3 is 6.03 Å². The van der Waals surface area contributed by atoms with Crippen LogP contribution in [0.15, 0.2) is 129 Å². The van der Waals surface area contributed by atoms with Gasteiger partial charge in [-0.05, 0) is 119 Å². The SMILES string of the molecule is O=C(Nc1ccc(S(=O)(=O)Nc2cc3ccc(S(=O)(=O)O)cc3cc2O)cc1)Nc1ccc(S(=O)(=O)Nc2cc3ccc(S(=O)(=O)O)cc3cc2O)cc1. The van der Waals surface area contributed by atoms with E-state index in [1.807, 2.05) is 0 Å². The van der Waals surface area contributed by atoms with Crippen molar-refractivity contribution in [2.75, 3.05) is 20.1 Å². The summed E-state index contributed by atoms with van der Waals surface area (Å²) >= 11 is 0. The van der Waals surface area contributed by atoms with Crippen LogP contribution in [0.25, 0.3) is 21.5 Å². The van der Waals surface area contributed by atoms with Crippen molar-refractivity contribution in [3.8, 4) is 11.5 Å². The Labute approximate surface area is 307 Å². The monoisotopic (exact) mass is 814 g/mol. The van der Waals surface area contributed by atoms with Gasteiger partial charge in [-0.15, -0.1) is 0 Å². The van der Waals surface area contributed by atoms with E-state index in [9.17, 15) is 57.8 Å². The molecule has 0 unspecified atom stereocenters. The Hall–Kier alpha value is -5.97. The Morgan fingerprint density at radius 3 is 1.09 bits per heavy atom. The number of aromatic hydroxyl groups is 2. The summed E-state index contributed by atoms with van der Waals surface area (Å²) < 4.78 is 121. The van der Waals surface area contributed by atoms with Crippen molar-refractivity contribution in [1.82, 2.24) is 0 Å². The molecule has 0 saturated heterocycles. The lowest BCUT2D eigenvalue weighted by Crippen LogP contribution is -2.20. The van der Waals surface area contributed by atoms with Gasteiger partial charge in [0.1, 0.15) is 11.5 Å². The smallest absolute Gasteiger partial charge is 0.323 e. The van der Waals surface area contributed by atoms with Crippen molar-refractivity contribution in [1.29, 1.82) is 0 Å². The van der Waals surface area contributed by atoms with Crippen molar-refractivity contribution in [3.05, 3.63) is 109 Å². The quantitative estimate of drug-likeness (QED) is 0.0657. The van der Waals surface area contributed by atoms with E-state index < -0.39 is 67.6 Å². The van der Waals surface area contributed by atoms with E-state index >= 15 is 0 Å². The number of urea groups is 1. The van der Waals surface area contributed by atoms with E-state index in [4.69, 9.17) is 0 Å². The Balaban J connectivity index is 1.08. The first-order chi connectivity index (χ1) is 25.2. The highest BCUT2D eigenvalue weighted by atomic mass is 32.2. The molecule has 21 heteroatoms. The summed E-state index contributed by atoms with van der Waals surface area (Å²) in [5.41, 5.74) is -0.0431. The first-order valence-electron chi connectivity index (χ1n) is 15.0. The lowest BCUT2D eigenvalue weighted by Gasteiger charge is -2.13. The van der Waals surface area contributed by atoms with E-state index in [0.29, 0.717) is 10.8 Å². The molecular formula is C33H26N4O13S4. The minimum Gasteiger partial charge on any atom is -0.506 e. The van der Waals surface area contributed by atoms with Crippen LogP contribution in [-0.4, -0.2) is 59.0 Å². The Morgan fingerprint density at radius 2 is 0.759 bits per heavy atom. The molecule has 2 amide bonds. The number of anilines is 4. The standard InChI is InChI=1S/C33H26N4O13S4/c38-31-17-21-13-27(53(45,46)47)7-1-19(21)15-29(31)36-51(41,42)25-9-3-23(4-10-25)34-33(40)35-24-5-11-26(12-6-24)52(43,44)37-30-16-20-2-8-28(54(48,49)50)14-22(20)18-32(30)39/h1-18,36-39H,(H2,34,35,40)(H,45,46,47)(H,48,49,50). The van der Waals surface area contributed by atoms with Crippen LogP contribution in [0.3, 0.4) is 0 Å². The topological polar surface area (TPSA) is 283 Å². The summed E-state index contributed by atoms with van der Waals surface area (Å²) in [6, 6.07) is 21.1. The molecular weight excluding hydrogens is 789 g/mol. The van der Waals surface area contributed by atoms with E-state index in [1.54, 1.807) is 0 Å². The van der Waals surface area contributed by atoms with Gasteiger partial charge in [0.25, 0.3) is 40.3 Å². The van der Waals surface area contributed by atoms with Gasteiger partial charge in [0, 0.05) is 11.4 Å². The Morgan fingerprint density at radius 1 is 0.426 bits per heavy atom. The first-order valence-corrected chi connectivity index (χ1v) is 20.8. The molecule has 0 heterocycles. The number of hydrogen-bond acceptors (Lipinski definition) is 11. The van der Waals surface area contributed by atoms with Crippen LogP contribution in [0.5, 0.6) is 11.5 Å². The van der Waals surface area contributed by atoms with Crippen LogP contribution >= 0.6 is 0 Å². The maximum Gasteiger partial charge on any atom is 0.323 e. The van der Waals surface area contributed by atoms with Gasteiger partial charge in [-0.1, -0.05) is 12.1 Å².